The summed E-state index contributed by atoms with van der Waals surface area (Å²) in [6, 6.07) is 14.8. The highest BCUT2D eigenvalue weighted by Crippen LogP contribution is 2.40. The molecule has 0 bridgehead atoms. The monoisotopic (exact) mass is 477 g/mol. The number of hydrogen-bond acceptors (Lipinski definition) is 8. The first kappa shape index (κ1) is 24.3. The number of anilines is 5. The molecule has 0 aromatic heterocycles. The first-order valence-corrected chi connectivity index (χ1v) is 10.6. The van der Waals surface area contributed by atoms with Crippen molar-refractivity contribution in [3.05, 3.63) is 105 Å². The number of nitro benzene ring substituents is 2. The third kappa shape index (κ3) is 5.73. The molecule has 3 aromatic carbocycles. The maximum Gasteiger partial charge on any atom is 0.299 e. The number of benzene rings is 3. The Labute approximate surface area is 201 Å². The molecule has 0 aliphatic rings. The fourth-order valence-corrected chi connectivity index (χ4v) is 3.36. The van der Waals surface area contributed by atoms with Crippen LogP contribution in [0, 0.1) is 27.2 Å². The molecule has 0 saturated carbocycles. The summed E-state index contributed by atoms with van der Waals surface area (Å²) in [5, 5.41) is 32.7. The van der Waals surface area contributed by atoms with Crippen LogP contribution in [0.1, 0.15) is 12.5 Å². The predicted molar refractivity (Wildman–Crippen MR) is 139 cm³/mol. The predicted octanol–water partition coefficient (Wildman–Crippen LogP) is 7.09. The number of aryl methyl sites for hydroxylation is 1. The summed E-state index contributed by atoms with van der Waals surface area (Å²) in [6.07, 6.45) is 3.46. The van der Waals surface area contributed by atoms with Crippen LogP contribution in [0.25, 0.3) is 0 Å². The fraction of sp³-hybridized carbons (Fsp3) is 0.0833. The van der Waals surface area contributed by atoms with E-state index in [-0.39, 0.29) is 11.4 Å². The van der Waals surface area contributed by atoms with Gasteiger partial charge in [-0.2, -0.15) is 0 Å². The molecular weight excluding hydrogens is 454 g/mol. The largest absolute Gasteiger partial charge is 0.354 e. The van der Waals surface area contributed by atoms with Crippen LogP contribution in [0.15, 0.2) is 83.9 Å². The van der Waals surface area contributed by atoms with E-state index >= 15 is 0 Å². The molecule has 174 valence electrons. The second kappa shape index (κ2) is 10.5. The van der Waals surface area contributed by atoms with Crippen molar-refractivity contribution in [3.63, 3.8) is 0 Å². The van der Waals surface area contributed by atoms with Gasteiger partial charge in [-0.25, -0.2) is 0 Å². The van der Waals surface area contributed by atoms with Crippen molar-refractivity contribution in [1.82, 2.24) is 0 Å². The van der Waals surface area contributed by atoms with Crippen LogP contribution in [0.4, 0.5) is 39.8 Å². The molecule has 0 fully saturated rings. The van der Waals surface area contributed by atoms with Gasteiger partial charge in [0.15, 0.2) is 0 Å². The molecule has 34 heavy (non-hydrogen) atoms. The Balaban J connectivity index is 2.11. The molecular formula is C24H23N5O4S. The summed E-state index contributed by atoms with van der Waals surface area (Å²) >= 11 is 4.37. The van der Waals surface area contributed by atoms with Crippen molar-refractivity contribution in [2.45, 2.75) is 18.7 Å². The van der Waals surface area contributed by atoms with Gasteiger partial charge in [-0.3, -0.25) is 20.2 Å². The first-order chi connectivity index (χ1) is 16.2. The van der Waals surface area contributed by atoms with Crippen LogP contribution >= 0.6 is 12.6 Å². The van der Waals surface area contributed by atoms with Crippen LogP contribution in [0.3, 0.4) is 0 Å². The zero-order valence-electron chi connectivity index (χ0n) is 18.5. The van der Waals surface area contributed by atoms with Crippen molar-refractivity contribution >= 4 is 52.4 Å². The molecule has 9 nitrogen and oxygen atoms in total. The maximum atomic E-state index is 11.8. The lowest BCUT2D eigenvalue weighted by molar-refractivity contribution is -0.393. The second-order valence-electron chi connectivity index (χ2n) is 7.32. The molecule has 3 rings (SSSR count). The van der Waals surface area contributed by atoms with E-state index in [0.717, 1.165) is 17.3 Å². The molecule has 3 aromatic rings. The highest BCUT2D eigenvalue weighted by Gasteiger charge is 2.25. The molecule has 0 spiro atoms. The van der Waals surface area contributed by atoms with E-state index in [2.05, 4.69) is 35.2 Å². The minimum Gasteiger partial charge on any atom is -0.354 e. The average molecular weight is 478 g/mol. The molecule has 0 aliphatic carbocycles. The Hall–Kier alpha value is -4.31. The van der Waals surface area contributed by atoms with Crippen LogP contribution in [0.5, 0.6) is 0 Å². The summed E-state index contributed by atoms with van der Waals surface area (Å²) in [7, 11) is 0. The van der Waals surface area contributed by atoms with Crippen molar-refractivity contribution in [3.8, 4) is 0 Å². The second-order valence-corrected chi connectivity index (χ2v) is 7.84. The Morgan fingerprint density at radius 3 is 2.06 bits per heavy atom. The van der Waals surface area contributed by atoms with Crippen molar-refractivity contribution in [1.29, 1.82) is 0 Å². The summed E-state index contributed by atoms with van der Waals surface area (Å²) in [6.45, 7) is 7.52. The van der Waals surface area contributed by atoms with Gasteiger partial charge in [-0.15, -0.1) is 12.6 Å². The molecule has 0 radical (unpaired) electrons. The summed E-state index contributed by atoms with van der Waals surface area (Å²) in [4.78, 5) is 22.8. The minimum atomic E-state index is -0.663. The highest BCUT2D eigenvalue weighted by molar-refractivity contribution is 7.80. The van der Waals surface area contributed by atoms with Gasteiger partial charge in [0.25, 0.3) is 11.4 Å². The molecule has 10 heteroatoms. The highest BCUT2D eigenvalue weighted by atomic mass is 32.1. The normalized spacial score (nSPS) is 11.0. The third-order valence-corrected chi connectivity index (χ3v) is 5.20. The van der Waals surface area contributed by atoms with Crippen molar-refractivity contribution < 1.29 is 9.85 Å². The van der Waals surface area contributed by atoms with E-state index in [9.17, 15) is 20.2 Å². The van der Waals surface area contributed by atoms with Gasteiger partial charge < -0.3 is 16.0 Å². The average Bonchev–Trinajstić information content (AvgIpc) is 2.80. The lowest BCUT2D eigenvalue weighted by Crippen LogP contribution is -2.05. The van der Waals surface area contributed by atoms with Crippen LogP contribution in [-0.2, 0) is 0 Å². The summed E-state index contributed by atoms with van der Waals surface area (Å²) in [5.41, 5.74) is 2.81. The van der Waals surface area contributed by atoms with Gasteiger partial charge in [-0.1, -0.05) is 30.4 Å². The van der Waals surface area contributed by atoms with Gasteiger partial charge in [0.2, 0.25) is 0 Å². The zero-order valence-corrected chi connectivity index (χ0v) is 19.4. The van der Waals surface area contributed by atoms with Crippen LogP contribution in [-0.4, -0.2) is 9.85 Å². The fourth-order valence-electron chi connectivity index (χ4n) is 3.16. The van der Waals surface area contributed by atoms with E-state index in [4.69, 9.17) is 0 Å². The standard InChI is InChI=1S/C24H23N5O4S/c1-4-16(5-2)25-19-11-10-18(34)12-20(19)27-22-13-21(26-17-8-6-15(3)7-9-17)23(28(30)31)14-24(22)29(32)33/h4-14,25-27,34H,1H2,2-3H3/b16-5+. The zero-order chi connectivity index (χ0) is 24.8. The Bertz CT molecular complexity index is 1290. The molecule has 0 saturated heterocycles. The Morgan fingerprint density at radius 2 is 1.50 bits per heavy atom. The smallest absolute Gasteiger partial charge is 0.299 e. The quantitative estimate of drug-likeness (QED) is 0.112. The first-order valence-electron chi connectivity index (χ1n) is 10.2. The Morgan fingerprint density at radius 1 is 0.882 bits per heavy atom. The van der Waals surface area contributed by atoms with Crippen molar-refractivity contribution in [2.75, 3.05) is 16.0 Å². The van der Waals surface area contributed by atoms with Gasteiger partial charge in [0, 0.05) is 16.3 Å². The maximum absolute atomic E-state index is 11.8. The van der Waals surface area contributed by atoms with Crippen molar-refractivity contribution in [2.24, 2.45) is 0 Å². The lowest BCUT2D eigenvalue weighted by Gasteiger charge is -2.16. The van der Waals surface area contributed by atoms with E-state index in [0.29, 0.717) is 22.0 Å². The van der Waals surface area contributed by atoms with E-state index in [1.54, 1.807) is 36.4 Å². The van der Waals surface area contributed by atoms with Gasteiger partial charge in [-0.05, 0) is 56.3 Å². The van der Waals surface area contributed by atoms with E-state index in [1.807, 2.05) is 32.1 Å². The Kier molecular flexibility index (Phi) is 7.54. The minimum absolute atomic E-state index is 0.0767. The lowest BCUT2D eigenvalue weighted by atomic mass is 10.1. The number of nitro groups is 2. The number of rotatable bonds is 9. The molecule has 0 heterocycles. The number of hydrogen-bond donors (Lipinski definition) is 4. The number of thiol groups is 1. The molecule has 0 aliphatic heterocycles. The third-order valence-electron chi connectivity index (χ3n) is 4.92. The molecule has 0 amide bonds. The van der Waals surface area contributed by atoms with Gasteiger partial charge in [0.05, 0.1) is 27.3 Å². The topological polar surface area (TPSA) is 122 Å². The van der Waals surface area contributed by atoms with Gasteiger partial charge >= 0.3 is 0 Å². The van der Waals surface area contributed by atoms with E-state index < -0.39 is 21.2 Å². The number of nitrogens with one attached hydrogen (secondary N) is 3. The summed E-state index contributed by atoms with van der Waals surface area (Å²) < 4.78 is 0. The SMILES string of the molecule is C=C/C(=C\C)Nc1ccc(S)cc1Nc1cc(Nc2ccc(C)cc2)c([N+](=O)[O-])cc1[N+](=O)[O-]. The number of nitrogens with zero attached hydrogens (tertiary/aromatic N) is 2. The molecule has 0 atom stereocenters. The molecule has 3 N–H and O–H groups in total. The van der Waals surface area contributed by atoms with Gasteiger partial charge in [0.1, 0.15) is 11.4 Å². The van der Waals surface area contributed by atoms with Crippen LogP contribution in [0.2, 0.25) is 0 Å². The van der Waals surface area contributed by atoms with Crippen LogP contribution < -0.4 is 16.0 Å². The number of allylic oxidation sites excluding steroid dienone is 2. The van der Waals surface area contributed by atoms with E-state index in [1.165, 1.54) is 6.07 Å². The summed E-state index contributed by atoms with van der Waals surface area (Å²) in [5.74, 6) is 0. The molecule has 0 unspecified atom stereocenters.